The van der Waals surface area contributed by atoms with Crippen molar-refractivity contribution in [2.75, 3.05) is 18.4 Å². The smallest absolute Gasteiger partial charge is 0.262 e. The highest BCUT2D eigenvalue weighted by Gasteiger charge is 2.44. The largest absolute Gasteiger partial charge is 0.385 e. The lowest BCUT2D eigenvalue weighted by molar-refractivity contribution is -0.136. The van der Waals surface area contributed by atoms with Gasteiger partial charge in [-0.15, -0.1) is 0 Å². The topological polar surface area (TPSA) is 108 Å². The van der Waals surface area contributed by atoms with Crippen molar-refractivity contribution in [1.82, 2.24) is 15.5 Å². The number of nitrogens with zero attached hydrogens (tertiary/aromatic N) is 1. The summed E-state index contributed by atoms with van der Waals surface area (Å²) < 4.78 is 0. The van der Waals surface area contributed by atoms with Crippen molar-refractivity contribution in [2.24, 2.45) is 5.92 Å². The molecule has 3 unspecified atom stereocenters. The first kappa shape index (κ1) is 17.7. The number of benzene rings is 1. The quantitative estimate of drug-likeness (QED) is 0.666. The predicted molar refractivity (Wildman–Crippen MR) is 97.2 cm³/mol. The van der Waals surface area contributed by atoms with Gasteiger partial charge in [-0.1, -0.05) is 0 Å². The van der Waals surface area contributed by atoms with Gasteiger partial charge in [-0.05, 0) is 50.4 Å². The van der Waals surface area contributed by atoms with E-state index in [1.54, 1.807) is 18.2 Å². The number of nitrogens with one attached hydrogen (secondary N) is 3. The lowest BCUT2D eigenvalue weighted by Gasteiger charge is -2.27. The number of rotatable bonds is 4. The first-order valence-electron chi connectivity index (χ1n) is 9.27. The molecule has 1 aromatic rings. The van der Waals surface area contributed by atoms with E-state index >= 15 is 0 Å². The fraction of sp³-hybridized carbons (Fsp3) is 0.474. The van der Waals surface area contributed by atoms with Crippen LogP contribution in [0.1, 0.15) is 46.9 Å². The summed E-state index contributed by atoms with van der Waals surface area (Å²) in [6, 6.07) is 4.66. The van der Waals surface area contributed by atoms with Crippen LogP contribution in [-0.4, -0.2) is 53.7 Å². The zero-order valence-electron chi connectivity index (χ0n) is 15.1. The van der Waals surface area contributed by atoms with E-state index in [0.29, 0.717) is 23.1 Å². The number of fused-ring (bicyclic) bond motifs is 1. The van der Waals surface area contributed by atoms with Gasteiger partial charge in [0, 0.05) is 24.7 Å². The molecule has 0 aromatic heterocycles. The van der Waals surface area contributed by atoms with Gasteiger partial charge >= 0.3 is 0 Å². The maximum absolute atomic E-state index is 12.8. The molecule has 0 saturated carbocycles. The Bertz CT molecular complexity index is 837. The second kappa shape index (κ2) is 6.77. The van der Waals surface area contributed by atoms with Crippen LogP contribution >= 0.6 is 0 Å². The van der Waals surface area contributed by atoms with Gasteiger partial charge in [-0.2, -0.15) is 0 Å². The Labute approximate surface area is 156 Å². The molecule has 2 fully saturated rings. The third kappa shape index (κ3) is 3.21. The van der Waals surface area contributed by atoms with Crippen LogP contribution in [0.3, 0.4) is 0 Å². The fourth-order valence-electron chi connectivity index (χ4n) is 4.03. The number of hydrogen-bond acceptors (Lipinski definition) is 6. The second-order valence-corrected chi connectivity index (χ2v) is 7.50. The Kier molecular flexibility index (Phi) is 4.43. The van der Waals surface area contributed by atoms with Crippen LogP contribution in [0.4, 0.5) is 5.69 Å². The monoisotopic (exact) mass is 370 g/mol. The molecular weight excluding hydrogens is 348 g/mol. The first-order chi connectivity index (χ1) is 12.9. The van der Waals surface area contributed by atoms with Crippen LogP contribution in [0.2, 0.25) is 0 Å². The van der Waals surface area contributed by atoms with E-state index in [4.69, 9.17) is 0 Å². The summed E-state index contributed by atoms with van der Waals surface area (Å²) in [5.41, 5.74) is 1.37. The van der Waals surface area contributed by atoms with Gasteiger partial charge in [0.05, 0.1) is 11.1 Å². The predicted octanol–water partition coefficient (Wildman–Crippen LogP) is 0.498. The van der Waals surface area contributed by atoms with E-state index in [1.807, 2.05) is 0 Å². The summed E-state index contributed by atoms with van der Waals surface area (Å²) >= 11 is 0. The molecule has 3 atom stereocenters. The first-order valence-corrected chi connectivity index (χ1v) is 9.27. The van der Waals surface area contributed by atoms with Gasteiger partial charge in [-0.3, -0.25) is 29.4 Å². The van der Waals surface area contributed by atoms with Crippen LogP contribution < -0.4 is 16.0 Å². The molecule has 8 nitrogen and oxygen atoms in total. The molecule has 4 amide bonds. The molecule has 1 aromatic carbocycles. The Balaban J connectivity index is 1.49. The molecule has 3 N–H and O–H groups in total. The van der Waals surface area contributed by atoms with Crippen molar-refractivity contribution >= 4 is 29.3 Å². The number of hydrogen-bond donors (Lipinski definition) is 3. The van der Waals surface area contributed by atoms with E-state index in [2.05, 4.69) is 22.9 Å². The van der Waals surface area contributed by atoms with Crippen molar-refractivity contribution in [1.29, 1.82) is 0 Å². The number of carbonyl (C=O) groups is 4. The van der Waals surface area contributed by atoms with E-state index in [9.17, 15) is 19.2 Å². The third-order valence-corrected chi connectivity index (χ3v) is 5.48. The summed E-state index contributed by atoms with van der Waals surface area (Å²) in [5.74, 6) is -1.42. The van der Waals surface area contributed by atoms with E-state index in [0.717, 1.165) is 30.1 Å². The minimum atomic E-state index is -0.933. The molecule has 4 rings (SSSR count). The summed E-state index contributed by atoms with van der Waals surface area (Å²) in [6.45, 7) is 3.90. The second-order valence-electron chi connectivity index (χ2n) is 7.50. The molecule has 0 radical (unpaired) electrons. The van der Waals surface area contributed by atoms with Crippen LogP contribution in [0, 0.1) is 5.92 Å². The zero-order chi connectivity index (χ0) is 19.1. The minimum absolute atomic E-state index is 0.116. The number of anilines is 1. The third-order valence-electron chi connectivity index (χ3n) is 5.48. The lowest BCUT2D eigenvalue weighted by atomic mass is 10.0. The summed E-state index contributed by atoms with van der Waals surface area (Å²) in [7, 11) is 0. The highest BCUT2D eigenvalue weighted by atomic mass is 16.2. The normalized spacial score (nSPS) is 27.7. The van der Waals surface area contributed by atoms with Gasteiger partial charge in [0.25, 0.3) is 11.8 Å². The molecule has 27 heavy (non-hydrogen) atoms. The number of carbonyl (C=O) groups excluding carboxylic acids is 4. The average Bonchev–Trinajstić information content (AvgIpc) is 3.16. The van der Waals surface area contributed by atoms with Crippen LogP contribution in [-0.2, 0) is 9.59 Å². The molecule has 8 heteroatoms. The molecule has 3 aliphatic heterocycles. The van der Waals surface area contributed by atoms with Gasteiger partial charge in [0.1, 0.15) is 6.04 Å². The molecule has 142 valence electrons. The summed E-state index contributed by atoms with van der Waals surface area (Å²) in [4.78, 5) is 49.8. The van der Waals surface area contributed by atoms with Crippen molar-refractivity contribution in [3.8, 4) is 0 Å². The lowest BCUT2D eigenvalue weighted by Crippen LogP contribution is -2.54. The maximum Gasteiger partial charge on any atom is 0.262 e. The fourth-order valence-corrected chi connectivity index (χ4v) is 4.03. The standard InChI is InChI=1S/C19H22N4O4/c1-10-6-11(8-20-10)9-21-12-2-3-13-14(7-12)19(27)23(18(13)26)15-4-5-16(24)22-17(15)25/h2-3,7,10-11,15,20-21H,4-6,8-9H2,1H3,(H,22,24,25). The van der Waals surface area contributed by atoms with Gasteiger partial charge < -0.3 is 10.6 Å². The minimum Gasteiger partial charge on any atom is -0.385 e. The Morgan fingerprint density at radius 3 is 2.63 bits per heavy atom. The van der Waals surface area contributed by atoms with Gasteiger partial charge in [0.15, 0.2) is 0 Å². The molecule has 0 aliphatic carbocycles. The highest BCUT2D eigenvalue weighted by Crippen LogP contribution is 2.29. The molecule has 0 spiro atoms. The molecule has 3 heterocycles. The van der Waals surface area contributed by atoms with E-state index in [-0.39, 0.29) is 18.7 Å². The number of piperidine rings is 1. The van der Waals surface area contributed by atoms with Crippen LogP contribution in [0.25, 0.3) is 0 Å². The Morgan fingerprint density at radius 2 is 1.93 bits per heavy atom. The highest BCUT2D eigenvalue weighted by molar-refractivity contribution is 6.23. The molecule has 0 bridgehead atoms. The number of amides is 4. The summed E-state index contributed by atoms with van der Waals surface area (Å²) in [6.07, 6.45) is 1.37. The molecule has 2 saturated heterocycles. The van der Waals surface area contributed by atoms with Crippen molar-refractivity contribution in [3.63, 3.8) is 0 Å². The maximum atomic E-state index is 12.8. The van der Waals surface area contributed by atoms with E-state index < -0.39 is 23.8 Å². The average molecular weight is 370 g/mol. The van der Waals surface area contributed by atoms with Crippen LogP contribution in [0.15, 0.2) is 18.2 Å². The molecular formula is C19H22N4O4. The molecule has 3 aliphatic rings. The van der Waals surface area contributed by atoms with Crippen molar-refractivity contribution < 1.29 is 19.2 Å². The number of imide groups is 2. The van der Waals surface area contributed by atoms with Crippen LogP contribution in [0.5, 0.6) is 0 Å². The van der Waals surface area contributed by atoms with Crippen molar-refractivity contribution in [2.45, 2.75) is 38.3 Å². The van der Waals surface area contributed by atoms with Gasteiger partial charge in [-0.25, -0.2) is 0 Å². The Morgan fingerprint density at radius 1 is 1.15 bits per heavy atom. The summed E-state index contributed by atoms with van der Waals surface area (Å²) in [5, 5.41) is 8.94. The van der Waals surface area contributed by atoms with Crippen molar-refractivity contribution in [3.05, 3.63) is 29.3 Å². The zero-order valence-corrected chi connectivity index (χ0v) is 15.1. The Hall–Kier alpha value is -2.74. The SMILES string of the molecule is CC1CC(CNc2ccc3c(c2)C(=O)N(C2CCC(=O)NC2=O)C3=O)CN1. The van der Waals surface area contributed by atoms with Gasteiger partial charge in [0.2, 0.25) is 11.8 Å². The van der Waals surface area contributed by atoms with E-state index in [1.165, 1.54) is 0 Å².